The second-order valence-electron chi connectivity index (χ2n) is 3.52. The molecule has 80 valence electrons. The quantitative estimate of drug-likeness (QED) is 0.674. The van der Waals surface area contributed by atoms with Gasteiger partial charge in [0.05, 0.1) is 12.1 Å². The summed E-state index contributed by atoms with van der Waals surface area (Å²) >= 11 is 0. The first-order valence-corrected chi connectivity index (χ1v) is 4.46. The minimum absolute atomic E-state index is 0.251. The van der Waals surface area contributed by atoms with E-state index in [1.54, 1.807) is 7.05 Å². The van der Waals surface area contributed by atoms with Gasteiger partial charge in [0, 0.05) is 20.1 Å². The topological polar surface area (TPSA) is 88.3 Å². The number of aromatic nitrogens is 3. The molecular weight excluding hydrogens is 200 g/mol. The van der Waals surface area contributed by atoms with Crippen molar-refractivity contribution >= 4 is 11.9 Å². The van der Waals surface area contributed by atoms with Crippen LogP contribution in [0.5, 0.6) is 0 Å². The summed E-state index contributed by atoms with van der Waals surface area (Å²) in [5.74, 6) is -1.57. The average Bonchev–Trinajstić information content (AvgIpc) is 2.48. The monoisotopic (exact) mass is 210 g/mol. The number of carbonyl (C=O) groups is 2. The lowest BCUT2D eigenvalue weighted by Gasteiger charge is -2.35. The number of hydrogen-bond acceptors (Lipinski definition) is 4. The van der Waals surface area contributed by atoms with Crippen LogP contribution in [0.15, 0.2) is 6.20 Å². The molecule has 1 saturated heterocycles. The maximum Gasteiger partial charge on any atom is 0.310 e. The molecule has 15 heavy (non-hydrogen) atoms. The van der Waals surface area contributed by atoms with Gasteiger partial charge >= 0.3 is 5.97 Å². The molecule has 0 saturated carbocycles. The Balaban J connectivity index is 1.97. The van der Waals surface area contributed by atoms with Gasteiger partial charge in [-0.1, -0.05) is 5.21 Å². The highest BCUT2D eigenvalue weighted by atomic mass is 16.4. The van der Waals surface area contributed by atoms with Gasteiger partial charge in [-0.25, -0.2) is 0 Å². The van der Waals surface area contributed by atoms with Gasteiger partial charge < -0.3 is 10.0 Å². The van der Waals surface area contributed by atoms with E-state index in [0.29, 0.717) is 0 Å². The van der Waals surface area contributed by atoms with E-state index in [2.05, 4.69) is 10.3 Å². The summed E-state index contributed by atoms with van der Waals surface area (Å²) in [5.41, 5.74) is 0.251. The molecule has 1 amide bonds. The Bertz CT molecular complexity index is 408. The van der Waals surface area contributed by atoms with Crippen LogP contribution in [0.4, 0.5) is 0 Å². The van der Waals surface area contributed by atoms with E-state index in [9.17, 15) is 9.59 Å². The maximum atomic E-state index is 11.6. The molecule has 0 atom stereocenters. The lowest BCUT2D eigenvalue weighted by Crippen LogP contribution is -2.53. The fourth-order valence-electron chi connectivity index (χ4n) is 1.41. The number of aryl methyl sites for hydroxylation is 1. The van der Waals surface area contributed by atoms with Crippen molar-refractivity contribution in [3.63, 3.8) is 0 Å². The molecule has 0 aromatic carbocycles. The van der Waals surface area contributed by atoms with Crippen molar-refractivity contribution in [2.24, 2.45) is 13.0 Å². The van der Waals surface area contributed by atoms with Gasteiger partial charge in [0.1, 0.15) is 0 Å². The Kier molecular flexibility index (Phi) is 2.14. The number of carboxylic acids is 1. The zero-order valence-electron chi connectivity index (χ0n) is 8.12. The van der Waals surface area contributed by atoms with Crippen LogP contribution in [0.25, 0.3) is 0 Å². The minimum atomic E-state index is -0.863. The van der Waals surface area contributed by atoms with Crippen molar-refractivity contribution in [2.45, 2.75) is 0 Å². The third-order valence-electron chi connectivity index (χ3n) is 2.34. The largest absolute Gasteiger partial charge is 0.481 e. The number of likely N-dealkylation sites (tertiary alicyclic amines) is 1. The van der Waals surface area contributed by atoms with Crippen LogP contribution < -0.4 is 0 Å². The van der Waals surface area contributed by atoms with Gasteiger partial charge in [-0.2, -0.15) is 0 Å². The normalized spacial score (nSPS) is 16.2. The van der Waals surface area contributed by atoms with Crippen molar-refractivity contribution in [3.05, 3.63) is 11.9 Å². The van der Waals surface area contributed by atoms with Crippen LogP contribution in [0.1, 0.15) is 10.5 Å². The molecule has 0 bridgehead atoms. The van der Waals surface area contributed by atoms with E-state index in [0.717, 1.165) is 0 Å². The molecular formula is C8H10N4O3. The first kappa shape index (κ1) is 9.63. The van der Waals surface area contributed by atoms with E-state index < -0.39 is 11.9 Å². The molecule has 0 unspecified atom stereocenters. The van der Waals surface area contributed by atoms with Gasteiger partial charge in [0.25, 0.3) is 5.91 Å². The molecule has 1 aromatic heterocycles. The van der Waals surface area contributed by atoms with Crippen LogP contribution in [0, 0.1) is 5.92 Å². The highest BCUT2D eigenvalue weighted by Crippen LogP contribution is 2.17. The van der Waals surface area contributed by atoms with Crippen LogP contribution in [0.3, 0.4) is 0 Å². The van der Waals surface area contributed by atoms with Crippen LogP contribution in [0.2, 0.25) is 0 Å². The number of amides is 1. The number of carbonyl (C=O) groups excluding carboxylic acids is 1. The number of nitrogens with zero attached hydrogens (tertiary/aromatic N) is 4. The first-order chi connectivity index (χ1) is 7.08. The summed E-state index contributed by atoms with van der Waals surface area (Å²) in [7, 11) is 1.67. The van der Waals surface area contributed by atoms with Crippen molar-refractivity contribution < 1.29 is 14.7 Å². The SMILES string of the molecule is Cn1cc(C(=O)N2CC(C(=O)O)C2)nn1. The Hall–Kier alpha value is -1.92. The maximum absolute atomic E-state index is 11.6. The fourth-order valence-corrected chi connectivity index (χ4v) is 1.41. The Morgan fingerprint density at radius 2 is 2.20 bits per heavy atom. The molecule has 0 spiro atoms. The molecule has 1 aromatic rings. The molecule has 7 nitrogen and oxygen atoms in total. The Labute approximate surface area is 85.3 Å². The number of carboxylic acid groups (broad SMARTS) is 1. The summed E-state index contributed by atoms with van der Waals surface area (Å²) in [5, 5.41) is 15.9. The van der Waals surface area contributed by atoms with Crippen molar-refractivity contribution in [1.82, 2.24) is 19.9 Å². The molecule has 1 fully saturated rings. The van der Waals surface area contributed by atoms with Gasteiger partial charge in [0.2, 0.25) is 0 Å². The van der Waals surface area contributed by atoms with Gasteiger partial charge in [-0.05, 0) is 0 Å². The van der Waals surface area contributed by atoms with E-state index in [1.807, 2.05) is 0 Å². The van der Waals surface area contributed by atoms with Crippen molar-refractivity contribution in [2.75, 3.05) is 13.1 Å². The van der Waals surface area contributed by atoms with Gasteiger partial charge in [-0.3, -0.25) is 14.3 Å². The molecule has 0 aliphatic carbocycles. The average molecular weight is 210 g/mol. The smallest absolute Gasteiger partial charge is 0.310 e. The third-order valence-corrected chi connectivity index (χ3v) is 2.34. The fraction of sp³-hybridized carbons (Fsp3) is 0.500. The second-order valence-corrected chi connectivity index (χ2v) is 3.52. The molecule has 7 heteroatoms. The summed E-state index contributed by atoms with van der Waals surface area (Å²) in [6.45, 7) is 0.509. The van der Waals surface area contributed by atoms with Crippen LogP contribution in [-0.2, 0) is 11.8 Å². The molecule has 1 N–H and O–H groups in total. The van der Waals surface area contributed by atoms with Crippen LogP contribution in [-0.4, -0.2) is 50.0 Å². The van der Waals surface area contributed by atoms with E-state index >= 15 is 0 Å². The number of rotatable bonds is 2. The van der Waals surface area contributed by atoms with E-state index in [4.69, 9.17) is 5.11 Å². The molecule has 2 heterocycles. The lowest BCUT2D eigenvalue weighted by molar-refractivity contribution is -0.146. The number of hydrogen-bond donors (Lipinski definition) is 1. The molecule has 1 aliphatic heterocycles. The number of aliphatic carboxylic acids is 1. The standard InChI is InChI=1S/C8H10N4O3/c1-11-4-6(9-10-11)7(13)12-2-5(3-12)8(14)15/h4-5H,2-3H2,1H3,(H,14,15). The minimum Gasteiger partial charge on any atom is -0.481 e. The predicted octanol–water partition coefficient (Wildman–Crippen LogP) is -1.03. The van der Waals surface area contributed by atoms with Crippen molar-refractivity contribution in [3.8, 4) is 0 Å². The third kappa shape index (κ3) is 1.67. The van der Waals surface area contributed by atoms with Gasteiger partial charge in [-0.15, -0.1) is 5.10 Å². The highest BCUT2D eigenvalue weighted by molar-refractivity contribution is 5.93. The molecule has 2 rings (SSSR count). The molecule has 0 radical (unpaired) electrons. The van der Waals surface area contributed by atoms with Gasteiger partial charge in [0.15, 0.2) is 5.69 Å². The van der Waals surface area contributed by atoms with Crippen LogP contribution >= 0.6 is 0 Å². The Morgan fingerprint density at radius 1 is 1.53 bits per heavy atom. The van der Waals surface area contributed by atoms with E-state index in [1.165, 1.54) is 15.8 Å². The lowest BCUT2D eigenvalue weighted by atomic mass is 10.0. The first-order valence-electron chi connectivity index (χ1n) is 4.46. The summed E-state index contributed by atoms with van der Waals surface area (Å²) < 4.78 is 1.43. The summed E-state index contributed by atoms with van der Waals surface area (Å²) in [4.78, 5) is 23.6. The highest BCUT2D eigenvalue weighted by Gasteiger charge is 2.36. The predicted molar refractivity (Wildman–Crippen MR) is 48.0 cm³/mol. The summed E-state index contributed by atoms with van der Waals surface area (Å²) in [6, 6.07) is 0. The summed E-state index contributed by atoms with van der Waals surface area (Å²) in [6.07, 6.45) is 1.51. The van der Waals surface area contributed by atoms with Crippen molar-refractivity contribution in [1.29, 1.82) is 0 Å². The zero-order chi connectivity index (χ0) is 11.0. The Morgan fingerprint density at radius 3 is 2.67 bits per heavy atom. The van der Waals surface area contributed by atoms with E-state index in [-0.39, 0.29) is 24.7 Å². The zero-order valence-corrected chi connectivity index (χ0v) is 8.12. The second kappa shape index (κ2) is 3.34. The molecule has 1 aliphatic rings.